The molecule has 1 aromatic rings. The fraction of sp³-hybridized carbons (Fsp3) is 0.444. The average molecular weight is 215 g/mol. The Morgan fingerprint density at radius 1 is 1.47 bits per heavy atom. The first-order valence-corrected chi connectivity index (χ1v) is 4.57. The van der Waals surface area contributed by atoms with Crippen LogP contribution in [0.2, 0.25) is 0 Å². The van der Waals surface area contributed by atoms with E-state index in [1.807, 2.05) is 0 Å². The highest BCUT2D eigenvalue weighted by molar-refractivity contribution is 5.48. The third kappa shape index (κ3) is 1.85. The highest BCUT2D eigenvalue weighted by Crippen LogP contribution is 2.38. The summed E-state index contributed by atoms with van der Waals surface area (Å²) in [6.45, 7) is -0.106. The zero-order valence-electron chi connectivity index (χ0n) is 7.93. The van der Waals surface area contributed by atoms with E-state index < -0.39 is 17.2 Å². The fourth-order valence-corrected chi connectivity index (χ4v) is 1.29. The first-order valence-electron chi connectivity index (χ1n) is 4.57. The molecule has 0 aromatic carbocycles. The number of aliphatic hydroxyl groups excluding tert-OH is 1. The van der Waals surface area contributed by atoms with Crippen LogP contribution in [0.4, 0.5) is 20.4 Å². The summed E-state index contributed by atoms with van der Waals surface area (Å²) in [5.41, 5.74) is 4.71. The molecular weight excluding hydrogens is 204 g/mol. The number of anilines is 2. The second-order valence-electron chi connectivity index (χ2n) is 3.75. The molecule has 0 radical (unpaired) electrons. The highest BCUT2D eigenvalue weighted by atomic mass is 19.1. The predicted molar refractivity (Wildman–Crippen MR) is 51.2 cm³/mol. The molecular formula is C9H11F2N3O. The van der Waals surface area contributed by atoms with Crippen LogP contribution < -0.4 is 11.1 Å². The Morgan fingerprint density at radius 3 is 2.67 bits per heavy atom. The van der Waals surface area contributed by atoms with Crippen molar-refractivity contribution in [1.82, 2.24) is 4.98 Å². The summed E-state index contributed by atoms with van der Waals surface area (Å²) in [5.74, 6) is -2.15. The average Bonchev–Trinajstić information content (AvgIpc) is 2.95. The first-order chi connectivity index (χ1) is 7.06. The molecule has 1 heterocycles. The standard InChI is InChI=1S/C9H11F2N3O/c10-5-3-6(11)8(13-7(5)12)14-9(4-15)1-2-9/h3,15H,1-2,4H2,(H3,12,13,14). The molecule has 1 saturated carbocycles. The normalized spacial score (nSPS) is 17.5. The third-order valence-electron chi connectivity index (χ3n) is 2.50. The minimum Gasteiger partial charge on any atom is -0.394 e. The van der Waals surface area contributed by atoms with E-state index in [1.165, 1.54) is 0 Å². The molecule has 15 heavy (non-hydrogen) atoms. The first kappa shape index (κ1) is 10.1. The maximum Gasteiger partial charge on any atom is 0.168 e. The van der Waals surface area contributed by atoms with Crippen molar-refractivity contribution in [2.75, 3.05) is 17.7 Å². The Labute approximate surface area is 85.1 Å². The number of aromatic nitrogens is 1. The van der Waals surface area contributed by atoms with Gasteiger partial charge in [-0.05, 0) is 12.8 Å². The molecule has 0 bridgehead atoms. The Bertz CT molecular complexity index is 393. The van der Waals surface area contributed by atoms with Gasteiger partial charge in [0.25, 0.3) is 0 Å². The molecule has 0 spiro atoms. The van der Waals surface area contributed by atoms with Crippen LogP contribution in [-0.4, -0.2) is 22.2 Å². The monoisotopic (exact) mass is 215 g/mol. The van der Waals surface area contributed by atoms with Gasteiger partial charge in [-0.15, -0.1) is 0 Å². The largest absolute Gasteiger partial charge is 0.394 e. The molecule has 4 N–H and O–H groups in total. The Morgan fingerprint density at radius 2 is 2.13 bits per heavy atom. The Hall–Kier alpha value is -1.43. The molecule has 1 aliphatic rings. The summed E-state index contributed by atoms with van der Waals surface area (Å²) >= 11 is 0. The van der Waals surface area contributed by atoms with Crippen LogP contribution in [0.25, 0.3) is 0 Å². The summed E-state index contributed by atoms with van der Waals surface area (Å²) in [6.07, 6.45) is 1.48. The maximum atomic E-state index is 13.2. The zero-order chi connectivity index (χ0) is 11.1. The second-order valence-corrected chi connectivity index (χ2v) is 3.75. The summed E-state index contributed by atoms with van der Waals surface area (Å²) < 4.78 is 26.0. The van der Waals surface area contributed by atoms with Gasteiger partial charge in [0.15, 0.2) is 23.3 Å². The number of aliphatic hydroxyl groups is 1. The van der Waals surface area contributed by atoms with E-state index in [9.17, 15) is 8.78 Å². The number of halogens is 2. The van der Waals surface area contributed by atoms with Gasteiger partial charge in [-0.25, -0.2) is 13.8 Å². The van der Waals surface area contributed by atoms with Crippen molar-refractivity contribution >= 4 is 11.6 Å². The van der Waals surface area contributed by atoms with E-state index in [-0.39, 0.29) is 18.2 Å². The predicted octanol–water partition coefficient (Wildman–Crippen LogP) is 0.879. The molecule has 0 unspecified atom stereocenters. The topological polar surface area (TPSA) is 71.2 Å². The summed E-state index contributed by atoms with van der Waals surface area (Å²) in [5, 5.41) is 11.7. The van der Waals surface area contributed by atoms with E-state index in [0.717, 1.165) is 12.8 Å². The van der Waals surface area contributed by atoms with Gasteiger partial charge in [0.05, 0.1) is 12.1 Å². The summed E-state index contributed by atoms with van der Waals surface area (Å²) in [6, 6.07) is 0.679. The van der Waals surface area contributed by atoms with Gasteiger partial charge in [-0.1, -0.05) is 0 Å². The minimum absolute atomic E-state index is 0.106. The molecule has 1 fully saturated rings. The van der Waals surface area contributed by atoms with E-state index in [1.54, 1.807) is 0 Å². The van der Waals surface area contributed by atoms with Gasteiger partial charge in [-0.3, -0.25) is 0 Å². The van der Waals surface area contributed by atoms with E-state index in [2.05, 4.69) is 10.3 Å². The molecule has 0 aliphatic heterocycles. The smallest absolute Gasteiger partial charge is 0.168 e. The van der Waals surface area contributed by atoms with Crippen LogP contribution in [0.3, 0.4) is 0 Å². The van der Waals surface area contributed by atoms with Crippen LogP contribution in [0.1, 0.15) is 12.8 Å². The number of hydrogen-bond acceptors (Lipinski definition) is 4. The zero-order valence-corrected chi connectivity index (χ0v) is 7.93. The lowest BCUT2D eigenvalue weighted by Gasteiger charge is -2.15. The van der Waals surface area contributed by atoms with Gasteiger partial charge in [0.1, 0.15) is 0 Å². The quantitative estimate of drug-likeness (QED) is 0.700. The van der Waals surface area contributed by atoms with Crippen molar-refractivity contribution in [1.29, 1.82) is 0 Å². The number of nitrogens with zero attached hydrogens (tertiary/aromatic N) is 1. The molecule has 1 aliphatic carbocycles. The molecule has 6 heteroatoms. The van der Waals surface area contributed by atoms with Gasteiger partial charge >= 0.3 is 0 Å². The van der Waals surface area contributed by atoms with Crippen molar-refractivity contribution in [3.63, 3.8) is 0 Å². The Kier molecular flexibility index (Phi) is 2.22. The van der Waals surface area contributed by atoms with Crippen LogP contribution in [-0.2, 0) is 0 Å². The Balaban J connectivity index is 2.25. The van der Waals surface area contributed by atoms with Crippen molar-refractivity contribution in [2.45, 2.75) is 18.4 Å². The third-order valence-corrected chi connectivity index (χ3v) is 2.50. The van der Waals surface area contributed by atoms with Crippen molar-refractivity contribution < 1.29 is 13.9 Å². The van der Waals surface area contributed by atoms with Crippen LogP contribution in [0.5, 0.6) is 0 Å². The molecule has 2 rings (SSSR count). The van der Waals surface area contributed by atoms with Crippen molar-refractivity contribution in [2.24, 2.45) is 0 Å². The molecule has 82 valence electrons. The van der Waals surface area contributed by atoms with E-state index in [0.29, 0.717) is 6.07 Å². The highest BCUT2D eigenvalue weighted by Gasteiger charge is 2.42. The van der Waals surface area contributed by atoms with Gasteiger partial charge < -0.3 is 16.2 Å². The number of nitrogens with one attached hydrogen (secondary N) is 1. The van der Waals surface area contributed by atoms with Crippen molar-refractivity contribution in [3.8, 4) is 0 Å². The van der Waals surface area contributed by atoms with Crippen LogP contribution in [0, 0.1) is 11.6 Å². The number of pyridine rings is 1. The molecule has 4 nitrogen and oxygen atoms in total. The van der Waals surface area contributed by atoms with E-state index in [4.69, 9.17) is 10.8 Å². The molecule has 0 atom stereocenters. The second kappa shape index (κ2) is 3.30. The lowest BCUT2D eigenvalue weighted by atomic mass is 10.3. The number of nitrogen functional groups attached to an aromatic ring is 1. The summed E-state index contributed by atoms with van der Waals surface area (Å²) in [4.78, 5) is 3.55. The number of hydrogen-bond donors (Lipinski definition) is 3. The van der Waals surface area contributed by atoms with Crippen LogP contribution >= 0.6 is 0 Å². The van der Waals surface area contributed by atoms with E-state index >= 15 is 0 Å². The van der Waals surface area contributed by atoms with Crippen molar-refractivity contribution in [3.05, 3.63) is 17.7 Å². The SMILES string of the molecule is Nc1nc(NC2(CO)CC2)c(F)cc1F. The minimum atomic E-state index is -0.883. The molecule has 0 saturated heterocycles. The van der Waals surface area contributed by atoms with Gasteiger partial charge in [0.2, 0.25) is 0 Å². The van der Waals surface area contributed by atoms with Gasteiger partial charge in [-0.2, -0.15) is 0 Å². The fourth-order valence-electron chi connectivity index (χ4n) is 1.29. The molecule has 0 amide bonds. The number of rotatable bonds is 3. The lowest BCUT2D eigenvalue weighted by molar-refractivity contribution is 0.265. The lowest BCUT2D eigenvalue weighted by Crippen LogP contribution is -2.27. The summed E-state index contributed by atoms with van der Waals surface area (Å²) in [7, 11) is 0. The van der Waals surface area contributed by atoms with Crippen LogP contribution in [0.15, 0.2) is 6.07 Å². The number of nitrogens with two attached hydrogens (primary N) is 1. The maximum absolute atomic E-state index is 13.2. The molecule has 1 aromatic heterocycles. The van der Waals surface area contributed by atoms with Gasteiger partial charge in [0, 0.05) is 6.07 Å².